The van der Waals surface area contributed by atoms with Gasteiger partial charge in [-0.25, -0.2) is 0 Å². The van der Waals surface area contributed by atoms with Crippen molar-refractivity contribution < 1.29 is 18.3 Å². The highest BCUT2D eigenvalue weighted by Gasteiger charge is 2.41. The minimum Gasteiger partial charge on any atom is -0.393 e. The van der Waals surface area contributed by atoms with E-state index in [1.165, 1.54) is 12.1 Å². The summed E-state index contributed by atoms with van der Waals surface area (Å²) >= 11 is 0. The van der Waals surface area contributed by atoms with Gasteiger partial charge in [-0.2, -0.15) is 13.2 Å². The van der Waals surface area contributed by atoms with Crippen LogP contribution in [0, 0.1) is 11.8 Å². The predicted molar refractivity (Wildman–Crippen MR) is 68.9 cm³/mol. The molecule has 1 saturated heterocycles. The van der Waals surface area contributed by atoms with Crippen molar-refractivity contribution in [2.45, 2.75) is 31.7 Å². The molecule has 1 aliphatic heterocycles. The summed E-state index contributed by atoms with van der Waals surface area (Å²) < 4.78 is 38.0. The molecule has 2 aliphatic rings. The Morgan fingerprint density at radius 1 is 1.20 bits per heavy atom. The molecule has 1 saturated carbocycles. The van der Waals surface area contributed by atoms with E-state index in [0.717, 1.165) is 32.0 Å². The molecule has 110 valence electrons. The first kappa shape index (κ1) is 13.9. The normalized spacial score (nSPS) is 30.7. The number of aliphatic hydroxyl groups excluding tert-OH is 1. The van der Waals surface area contributed by atoms with Gasteiger partial charge in [-0.1, -0.05) is 18.2 Å². The molecule has 3 unspecified atom stereocenters. The highest BCUT2D eigenvalue weighted by molar-refractivity contribution is 5.25. The molecule has 2 nitrogen and oxygen atoms in total. The topological polar surface area (TPSA) is 23.5 Å². The van der Waals surface area contributed by atoms with Gasteiger partial charge in [0, 0.05) is 25.6 Å². The fraction of sp³-hybridized carbons (Fsp3) is 0.600. The summed E-state index contributed by atoms with van der Waals surface area (Å²) in [5.41, 5.74) is 0.101. The van der Waals surface area contributed by atoms with Crippen molar-refractivity contribution in [3.05, 3.63) is 35.4 Å². The number of hydrogen-bond acceptors (Lipinski definition) is 2. The van der Waals surface area contributed by atoms with Crippen LogP contribution in [0.2, 0.25) is 0 Å². The molecular weight excluding hydrogens is 267 g/mol. The van der Waals surface area contributed by atoms with Crippen LogP contribution in [-0.4, -0.2) is 29.2 Å². The zero-order chi connectivity index (χ0) is 14.3. The molecule has 3 rings (SSSR count). The Morgan fingerprint density at radius 3 is 2.70 bits per heavy atom. The molecule has 0 amide bonds. The molecule has 2 fully saturated rings. The van der Waals surface area contributed by atoms with Gasteiger partial charge in [0.05, 0.1) is 11.7 Å². The third-order valence-electron chi connectivity index (χ3n) is 4.56. The van der Waals surface area contributed by atoms with Gasteiger partial charge in [-0.15, -0.1) is 0 Å². The van der Waals surface area contributed by atoms with Crippen molar-refractivity contribution in [3.8, 4) is 0 Å². The first-order valence-corrected chi connectivity index (χ1v) is 7.00. The van der Waals surface area contributed by atoms with E-state index in [1.807, 2.05) is 0 Å². The molecular formula is C15H18F3NO. The average molecular weight is 285 g/mol. The summed E-state index contributed by atoms with van der Waals surface area (Å²) in [7, 11) is 0. The van der Waals surface area contributed by atoms with Gasteiger partial charge in [-0.3, -0.25) is 4.90 Å². The summed E-state index contributed by atoms with van der Waals surface area (Å²) in [5, 5.41) is 9.86. The zero-order valence-electron chi connectivity index (χ0n) is 11.1. The van der Waals surface area contributed by atoms with Crippen molar-refractivity contribution in [1.82, 2.24) is 4.90 Å². The summed E-state index contributed by atoms with van der Waals surface area (Å²) in [4.78, 5) is 2.16. The predicted octanol–water partition coefficient (Wildman–Crippen LogP) is 2.91. The van der Waals surface area contributed by atoms with E-state index in [4.69, 9.17) is 0 Å². The lowest BCUT2D eigenvalue weighted by Gasteiger charge is -2.18. The number of halogens is 3. The Bertz CT molecular complexity index is 488. The zero-order valence-corrected chi connectivity index (χ0v) is 11.1. The molecule has 1 heterocycles. The van der Waals surface area contributed by atoms with Gasteiger partial charge in [0.25, 0.3) is 0 Å². The van der Waals surface area contributed by atoms with E-state index < -0.39 is 11.7 Å². The van der Waals surface area contributed by atoms with Crippen LogP contribution in [0.1, 0.15) is 24.0 Å². The minimum atomic E-state index is -4.28. The molecule has 1 aliphatic carbocycles. The van der Waals surface area contributed by atoms with Gasteiger partial charge in [0.15, 0.2) is 0 Å². The number of nitrogens with zero attached hydrogens (tertiary/aromatic N) is 1. The van der Waals surface area contributed by atoms with Gasteiger partial charge in [0.1, 0.15) is 0 Å². The lowest BCUT2D eigenvalue weighted by atomic mass is 10.00. The number of aliphatic hydroxyl groups is 1. The number of likely N-dealkylation sites (tertiary alicyclic amines) is 1. The Hall–Kier alpha value is -1.07. The van der Waals surface area contributed by atoms with E-state index >= 15 is 0 Å². The standard InChI is InChI=1S/C15H18F3NO/c16-15(17,18)12-3-1-2-10(6-12)7-19-8-11-4-5-14(20)13(11)9-19/h1-3,6,11,13-14,20H,4-5,7-9H2. The van der Waals surface area contributed by atoms with Crippen molar-refractivity contribution in [2.24, 2.45) is 11.8 Å². The number of alkyl halides is 3. The van der Waals surface area contributed by atoms with Crippen LogP contribution < -0.4 is 0 Å². The minimum absolute atomic E-state index is 0.230. The lowest BCUT2D eigenvalue weighted by molar-refractivity contribution is -0.137. The molecule has 1 aromatic rings. The number of rotatable bonds is 2. The Morgan fingerprint density at radius 2 is 2.00 bits per heavy atom. The Labute approximate surface area is 116 Å². The molecule has 0 spiro atoms. The summed E-state index contributed by atoms with van der Waals surface area (Å²) in [6.45, 7) is 2.21. The first-order valence-electron chi connectivity index (χ1n) is 7.00. The van der Waals surface area contributed by atoms with Gasteiger partial charge in [0.2, 0.25) is 0 Å². The number of fused-ring (bicyclic) bond motifs is 1. The molecule has 20 heavy (non-hydrogen) atoms. The molecule has 1 N–H and O–H groups in total. The number of benzene rings is 1. The monoisotopic (exact) mass is 285 g/mol. The van der Waals surface area contributed by atoms with E-state index in [9.17, 15) is 18.3 Å². The first-order chi connectivity index (χ1) is 9.43. The van der Waals surface area contributed by atoms with E-state index in [-0.39, 0.29) is 6.10 Å². The summed E-state index contributed by atoms with van der Waals surface area (Å²) in [5.74, 6) is 0.816. The second-order valence-electron chi connectivity index (χ2n) is 5.96. The smallest absolute Gasteiger partial charge is 0.393 e. The summed E-state index contributed by atoms with van der Waals surface area (Å²) in [6.07, 6.45) is -2.61. The molecule has 1 aromatic carbocycles. The highest BCUT2D eigenvalue weighted by Crippen LogP contribution is 2.38. The van der Waals surface area contributed by atoms with Crippen LogP contribution in [0.25, 0.3) is 0 Å². The summed E-state index contributed by atoms with van der Waals surface area (Å²) in [6, 6.07) is 5.53. The molecule has 3 atom stereocenters. The third-order valence-corrected chi connectivity index (χ3v) is 4.56. The van der Waals surface area contributed by atoms with Crippen LogP contribution >= 0.6 is 0 Å². The van der Waals surface area contributed by atoms with Crippen molar-refractivity contribution in [3.63, 3.8) is 0 Å². The van der Waals surface area contributed by atoms with E-state index in [0.29, 0.717) is 23.9 Å². The van der Waals surface area contributed by atoms with Crippen LogP contribution in [0.5, 0.6) is 0 Å². The van der Waals surface area contributed by atoms with E-state index in [2.05, 4.69) is 4.90 Å². The maximum absolute atomic E-state index is 12.7. The van der Waals surface area contributed by atoms with E-state index in [1.54, 1.807) is 6.07 Å². The molecule has 0 bridgehead atoms. The average Bonchev–Trinajstić information content (AvgIpc) is 2.91. The highest BCUT2D eigenvalue weighted by atomic mass is 19.4. The quantitative estimate of drug-likeness (QED) is 0.903. The maximum Gasteiger partial charge on any atom is 0.416 e. The molecule has 0 radical (unpaired) electrons. The lowest BCUT2D eigenvalue weighted by Crippen LogP contribution is -2.24. The third kappa shape index (κ3) is 2.69. The molecule has 0 aromatic heterocycles. The SMILES string of the molecule is OC1CCC2CN(Cc3cccc(C(F)(F)F)c3)CC12. The fourth-order valence-corrected chi connectivity index (χ4v) is 3.56. The van der Waals surface area contributed by atoms with Crippen LogP contribution in [0.4, 0.5) is 13.2 Å². The number of hydrogen-bond donors (Lipinski definition) is 1. The van der Waals surface area contributed by atoms with Gasteiger partial charge < -0.3 is 5.11 Å². The second-order valence-corrected chi connectivity index (χ2v) is 5.96. The Kier molecular flexibility index (Phi) is 3.50. The van der Waals surface area contributed by atoms with Gasteiger partial charge in [-0.05, 0) is 30.4 Å². The van der Waals surface area contributed by atoms with Crippen LogP contribution in [-0.2, 0) is 12.7 Å². The second kappa shape index (κ2) is 5.04. The van der Waals surface area contributed by atoms with Crippen LogP contribution in [0.15, 0.2) is 24.3 Å². The van der Waals surface area contributed by atoms with Crippen molar-refractivity contribution in [2.75, 3.05) is 13.1 Å². The maximum atomic E-state index is 12.7. The molecule has 5 heteroatoms. The largest absolute Gasteiger partial charge is 0.416 e. The van der Waals surface area contributed by atoms with Crippen molar-refractivity contribution >= 4 is 0 Å². The van der Waals surface area contributed by atoms with Crippen molar-refractivity contribution in [1.29, 1.82) is 0 Å². The van der Waals surface area contributed by atoms with Gasteiger partial charge >= 0.3 is 6.18 Å². The van der Waals surface area contributed by atoms with Crippen LogP contribution in [0.3, 0.4) is 0 Å². The fourth-order valence-electron chi connectivity index (χ4n) is 3.56. The Balaban J connectivity index is 1.67.